The molecular weight excluding hydrogens is 408 g/mol. The molecule has 2 aromatic rings. The van der Waals surface area contributed by atoms with Gasteiger partial charge in [0.2, 0.25) is 0 Å². The Hall–Kier alpha value is -3.10. The van der Waals surface area contributed by atoms with Crippen LogP contribution in [0.4, 0.5) is 21.1 Å². The van der Waals surface area contributed by atoms with Crippen molar-refractivity contribution in [3.8, 4) is 0 Å². The highest BCUT2D eigenvalue weighted by Crippen LogP contribution is 2.22. The minimum atomic E-state index is -0.498. The molecule has 1 aliphatic heterocycles. The van der Waals surface area contributed by atoms with E-state index < -0.39 is 5.60 Å². The molecule has 0 atom stereocenters. The van der Waals surface area contributed by atoms with Crippen LogP contribution in [-0.4, -0.2) is 64.8 Å². The number of nitrogens with zero attached hydrogens (tertiary/aromatic N) is 4. The van der Waals surface area contributed by atoms with Crippen LogP contribution in [0.15, 0.2) is 24.4 Å². The molecule has 3 amide bonds. The number of hydrogen-bond donors (Lipinski definition) is 2. The smallest absolute Gasteiger partial charge is 0.410 e. The fraction of sp³-hybridized carbons (Fsp3) is 0.565. The minimum absolute atomic E-state index is 0.217. The summed E-state index contributed by atoms with van der Waals surface area (Å²) in [4.78, 5) is 37.6. The molecule has 0 spiro atoms. The summed E-state index contributed by atoms with van der Waals surface area (Å²) >= 11 is 0. The van der Waals surface area contributed by atoms with Gasteiger partial charge in [0.15, 0.2) is 0 Å². The van der Waals surface area contributed by atoms with Crippen LogP contribution in [0.1, 0.15) is 46.5 Å². The Bertz CT molecular complexity index is 975. The van der Waals surface area contributed by atoms with Crippen molar-refractivity contribution < 1.29 is 14.3 Å². The lowest BCUT2D eigenvalue weighted by Crippen LogP contribution is -2.50. The fourth-order valence-electron chi connectivity index (χ4n) is 4.12. The first-order valence-corrected chi connectivity index (χ1v) is 11.3. The van der Waals surface area contributed by atoms with Crippen LogP contribution in [0, 0.1) is 0 Å². The van der Waals surface area contributed by atoms with Gasteiger partial charge in [0.05, 0.1) is 22.9 Å². The molecule has 2 fully saturated rings. The topological polar surface area (TPSA) is 99.7 Å². The third kappa shape index (κ3) is 5.57. The van der Waals surface area contributed by atoms with Crippen LogP contribution < -0.4 is 15.5 Å². The van der Waals surface area contributed by atoms with E-state index in [-0.39, 0.29) is 18.2 Å². The normalized spacial score (nSPS) is 17.5. The molecular formula is C23H32N6O3. The molecule has 0 bridgehead atoms. The third-order valence-corrected chi connectivity index (χ3v) is 5.75. The standard InChI is InChI=1S/C23H32N6O3/c1-23(2,3)32-22(31)29-12-10-28(11-13-29)17-14-19-18(24-15-17)8-9-20(26-19)27-21(30)25-16-6-4-5-7-16/h8-9,14-16H,4-7,10-13H2,1-3H3,(H2,25,26,27,30). The number of urea groups is 1. The fourth-order valence-corrected chi connectivity index (χ4v) is 4.12. The van der Waals surface area contributed by atoms with Crippen LogP contribution in [0.3, 0.4) is 0 Å². The van der Waals surface area contributed by atoms with Crippen molar-refractivity contribution in [3.63, 3.8) is 0 Å². The lowest BCUT2D eigenvalue weighted by atomic mass is 10.2. The Balaban J connectivity index is 1.38. The monoisotopic (exact) mass is 440 g/mol. The Labute approximate surface area is 188 Å². The Morgan fingerprint density at radius 2 is 1.78 bits per heavy atom. The second kappa shape index (κ2) is 9.18. The van der Waals surface area contributed by atoms with Crippen LogP contribution >= 0.6 is 0 Å². The molecule has 2 aromatic heterocycles. The zero-order valence-electron chi connectivity index (χ0n) is 19.1. The number of piperazine rings is 1. The molecule has 9 heteroatoms. The van der Waals surface area contributed by atoms with E-state index in [0.717, 1.165) is 29.6 Å². The van der Waals surface area contributed by atoms with E-state index >= 15 is 0 Å². The Kier molecular flexibility index (Phi) is 6.34. The quantitative estimate of drug-likeness (QED) is 0.754. The summed E-state index contributed by atoms with van der Waals surface area (Å²) in [5.41, 5.74) is 1.93. The van der Waals surface area contributed by atoms with E-state index in [1.807, 2.05) is 39.1 Å². The van der Waals surface area contributed by atoms with E-state index in [0.29, 0.717) is 32.0 Å². The largest absolute Gasteiger partial charge is 0.444 e. The highest BCUT2D eigenvalue weighted by Gasteiger charge is 2.26. The van der Waals surface area contributed by atoms with E-state index in [2.05, 4.69) is 25.5 Å². The summed E-state index contributed by atoms with van der Waals surface area (Å²) in [6.45, 7) is 8.16. The number of carbonyl (C=O) groups excluding carboxylic acids is 2. The molecule has 0 radical (unpaired) electrons. The SMILES string of the molecule is CC(C)(C)OC(=O)N1CCN(c2cnc3ccc(NC(=O)NC4CCCC4)nc3c2)CC1. The molecule has 32 heavy (non-hydrogen) atoms. The predicted molar refractivity (Wildman–Crippen MR) is 124 cm³/mol. The molecule has 3 heterocycles. The Morgan fingerprint density at radius 1 is 1.06 bits per heavy atom. The van der Waals surface area contributed by atoms with Crippen LogP contribution in [0.25, 0.3) is 11.0 Å². The summed E-state index contributed by atoms with van der Waals surface area (Å²) in [7, 11) is 0. The number of carbonyl (C=O) groups is 2. The van der Waals surface area contributed by atoms with Crippen LogP contribution in [0.5, 0.6) is 0 Å². The number of anilines is 2. The molecule has 9 nitrogen and oxygen atoms in total. The van der Waals surface area contributed by atoms with Gasteiger partial charge in [-0.25, -0.2) is 14.6 Å². The minimum Gasteiger partial charge on any atom is -0.444 e. The number of hydrogen-bond acceptors (Lipinski definition) is 6. The number of pyridine rings is 2. The van der Waals surface area contributed by atoms with E-state index in [1.54, 1.807) is 11.0 Å². The van der Waals surface area contributed by atoms with E-state index in [4.69, 9.17) is 4.74 Å². The predicted octanol–water partition coefficient (Wildman–Crippen LogP) is 3.75. The average molecular weight is 441 g/mol. The maximum atomic E-state index is 12.3. The Morgan fingerprint density at radius 3 is 2.47 bits per heavy atom. The lowest BCUT2D eigenvalue weighted by molar-refractivity contribution is 0.0240. The highest BCUT2D eigenvalue weighted by molar-refractivity contribution is 5.90. The van der Waals surface area contributed by atoms with Gasteiger partial charge < -0.3 is 19.9 Å². The van der Waals surface area contributed by atoms with Crippen molar-refractivity contribution in [1.82, 2.24) is 20.2 Å². The summed E-state index contributed by atoms with van der Waals surface area (Å²) in [6.07, 6.45) is 5.95. The molecule has 172 valence electrons. The second-order valence-corrected chi connectivity index (χ2v) is 9.46. The highest BCUT2D eigenvalue weighted by atomic mass is 16.6. The molecule has 0 unspecified atom stereocenters. The molecule has 1 saturated carbocycles. The lowest BCUT2D eigenvalue weighted by Gasteiger charge is -2.36. The van der Waals surface area contributed by atoms with Crippen molar-refractivity contribution in [2.75, 3.05) is 36.4 Å². The van der Waals surface area contributed by atoms with Gasteiger partial charge >= 0.3 is 12.1 Å². The molecule has 4 rings (SSSR count). The van der Waals surface area contributed by atoms with E-state index in [9.17, 15) is 9.59 Å². The zero-order chi connectivity index (χ0) is 22.7. The first-order chi connectivity index (χ1) is 15.3. The van der Waals surface area contributed by atoms with Crippen molar-refractivity contribution in [2.24, 2.45) is 0 Å². The maximum Gasteiger partial charge on any atom is 0.410 e. The number of rotatable bonds is 3. The van der Waals surface area contributed by atoms with Gasteiger partial charge in [0.25, 0.3) is 0 Å². The van der Waals surface area contributed by atoms with Gasteiger partial charge in [-0.1, -0.05) is 12.8 Å². The summed E-state index contributed by atoms with van der Waals surface area (Å²) in [6, 6.07) is 5.64. The van der Waals surface area contributed by atoms with Crippen molar-refractivity contribution >= 4 is 34.7 Å². The maximum absolute atomic E-state index is 12.3. The van der Waals surface area contributed by atoms with Gasteiger partial charge in [0.1, 0.15) is 11.4 Å². The van der Waals surface area contributed by atoms with Gasteiger partial charge in [-0.15, -0.1) is 0 Å². The van der Waals surface area contributed by atoms with Crippen molar-refractivity contribution in [3.05, 3.63) is 24.4 Å². The molecule has 1 aliphatic carbocycles. The first kappa shape index (κ1) is 22.1. The second-order valence-electron chi connectivity index (χ2n) is 9.46. The summed E-state index contributed by atoms with van der Waals surface area (Å²) in [5, 5.41) is 5.85. The number of nitrogens with one attached hydrogen (secondary N) is 2. The van der Waals surface area contributed by atoms with Gasteiger partial charge in [-0.05, 0) is 51.8 Å². The third-order valence-electron chi connectivity index (χ3n) is 5.75. The van der Waals surface area contributed by atoms with Gasteiger partial charge in [0, 0.05) is 32.2 Å². The molecule has 2 N–H and O–H groups in total. The van der Waals surface area contributed by atoms with E-state index in [1.165, 1.54) is 12.8 Å². The summed E-state index contributed by atoms with van der Waals surface area (Å²) in [5.74, 6) is 0.502. The van der Waals surface area contributed by atoms with Gasteiger partial charge in [-0.2, -0.15) is 0 Å². The number of fused-ring (bicyclic) bond motifs is 1. The van der Waals surface area contributed by atoms with Crippen molar-refractivity contribution in [2.45, 2.75) is 58.1 Å². The molecule has 1 saturated heterocycles. The molecule has 2 aliphatic rings. The number of aromatic nitrogens is 2. The zero-order valence-corrected chi connectivity index (χ0v) is 19.1. The number of ether oxygens (including phenoxy) is 1. The van der Waals surface area contributed by atoms with Gasteiger partial charge in [-0.3, -0.25) is 10.3 Å². The van der Waals surface area contributed by atoms with Crippen LogP contribution in [0.2, 0.25) is 0 Å². The average Bonchev–Trinajstić information content (AvgIpc) is 3.25. The van der Waals surface area contributed by atoms with Crippen LogP contribution in [-0.2, 0) is 4.74 Å². The number of amides is 3. The van der Waals surface area contributed by atoms with Crippen molar-refractivity contribution in [1.29, 1.82) is 0 Å². The first-order valence-electron chi connectivity index (χ1n) is 11.3. The summed E-state index contributed by atoms with van der Waals surface area (Å²) < 4.78 is 5.47. The molecule has 0 aromatic carbocycles.